The first-order valence-corrected chi connectivity index (χ1v) is 6.22. The third kappa shape index (κ3) is 4.11. The summed E-state index contributed by atoms with van der Waals surface area (Å²) in [5, 5.41) is 3.33. The summed E-state index contributed by atoms with van der Waals surface area (Å²) >= 11 is 0. The van der Waals surface area contributed by atoms with Gasteiger partial charge in [0.15, 0.2) is 0 Å². The number of rotatable bonds is 3. The van der Waals surface area contributed by atoms with E-state index in [0.717, 1.165) is 17.8 Å². The zero-order valence-corrected chi connectivity index (χ0v) is 10.7. The van der Waals surface area contributed by atoms with Crippen molar-refractivity contribution in [1.29, 1.82) is 0 Å². The van der Waals surface area contributed by atoms with Crippen LogP contribution in [0.25, 0.3) is 0 Å². The first kappa shape index (κ1) is 14.1. The summed E-state index contributed by atoms with van der Waals surface area (Å²) in [7, 11) is 0. The largest absolute Gasteiger partial charge is 0.522 e. The molecule has 1 unspecified atom stereocenters. The summed E-state index contributed by atoms with van der Waals surface area (Å²) < 4.78 is 39.9. The van der Waals surface area contributed by atoms with Crippen LogP contribution in [0.5, 0.6) is 0 Å². The highest BCUT2D eigenvalue weighted by Crippen LogP contribution is 2.23. The Kier molecular flexibility index (Phi) is 4.31. The lowest BCUT2D eigenvalue weighted by Gasteiger charge is -2.26. The van der Waals surface area contributed by atoms with Crippen LogP contribution < -0.4 is 10.2 Å². The van der Waals surface area contributed by atoms with Crippen molar-refractivity contribution in [2.45, 2.75) is 25.9 Å². The molecule has 1 aromatic carbocycles. The monoisotopic (exact) mass is 274 g/mol. The minimum absolute atomic E-state index is 0.221. The van der Waals surface area contributed by atoms with Gasteiger partial charge in [-0.05, 0) is 18.6 Å². The summed E-state index contributed by atoms with van der Waals surface area (Å²) in [6.07, 6.45) is -4.56. The zero-order chi connectivity index (χ0) is 13.9. The fourth-order valence-electron chi connectivity index (χ4n) is 2.23. The highest BCUT2D eigenvalue weighted by atomic mass is 19.4. The number of nitrogens with zero attached hydrogens (tertiary/aromatic N) is 1. The van der Waals surface area contributed by atoms with Crippen LogP contribution in [0.1, 0.15) is 12.5 Å². The van der Waals surface area contributed by atoms with E-state index in [9.17, 15) is 13.2 Å². The van der Waals surface area contributed by atoms with Crippen LogP contribution >= 0.6 is 0 Å². The number of hydrogen-bond donors (Lipinski definition) is 1. The van der Waals surface area contributed by atoms with Crippen LogP contribution in [0.4, 0.5) is 18.9 Å². The molecular formula is C13H17F3N2O. The molecule has 3 nitrogen and oxygen atoms in total. The Hall–Kier alpha value is -1.27. The summed E-state index contributed by atoms with van der Waals surface area (Å²) in [5.74, 6) is 0. The normalized spacial score (nSPS) is 20.0. The minimum Gasteiger partial charge on any atom is -0.367 e. The number of hydrogen-bond acceptors (Lipinski definition) is 3. The number of nitrogens with one attached hydrogen (secondary N) is 1. The molecular weight excluding hydrogens is 257 g/mol. The van der Waals surface area contributed by atoms with Crippen LogP contribution in [0.15, 0.2) is 24.3 Å². The lowest BCUT2D eigenvalue weighted by Crippen LogP contribution is -2.38. The molecule has 0 saturated heterocycles. The molecule has 0 saturated carbocycles. The Bertz CT molecular complexity index is 423. The Morgan fingerprint density at radius 2 is 2.11 bits per heavy atom. The Labute approximate surface area is 110 Å². The van der Waals surface area contributed by atoms with Crippen molar-refractivity contribution in [3.63, 3.8) is 0 Å². The van der Waals surface area contributed by atoms with Gasteiger partial charge in [0, 0.05) is 31.4 Å². The molecule has 1 N–H and O–H groups in total. The van der Waals surface area contributed by atoms with E-state index in [1.165, 1.54) is 0 Å². The molecule has 1 heterocycles. The molecule has 1 atom stereocenters. The second kappa shape index (κ2) is 5.79. The summed E-state index contributed by atoms with van der Waals surface area (Å²) in [4.78, 5) is 1.94. The van der Waals surface area contributed by atoms with Gasteiger partial charge in [-0.2, -0.15) is 0 Å². The lowest BCUT2D eigenvalue weighted by molar-refractivity contribution is -0.323. The molecule has 6 heteroatoms. The van der Waals surface area contributed by atoms with E-state index in [0.29, 0.717) is 6.54 Å². The number of benzene rings is 1. The van der Waals surface area contributed by atoms with Gasteiger partial charge in [-0.15, -0.1) is 13.2 Å². The predicted molar refractivity (Wildman–Crippen MR) is 67.0 cm³/mol. The fourth-order valence-corrected chi connectivity index (χ4v) is 2.23. The average Bonchev–Trinajstić information content (AvgIpc) is 2.48. The molecule has 0 radical (unpaired) electrons. The van der Waals surface area contributed by atoms with Crippen LogP contribution in [0.2, 0.25) is 0 Å². The molecule has 1 aliphatic rings. The van der Waals surface area contributed by atoms with Crippen LogP contribution in [0, 0.1) is 0 Å². The van der Waals surface area contributed by atoms with Crippen molar-refractivity contribution in [3.8, 4) is 0 Å². The maximum Gasteiger partial charge on any atom is 0.522 e. The molecule has 19 heavy (non-hydrogen) atoms. The minimum atomic E-state index is -4.56. The van der Waals surface area contributed by atoms with Crippen molar-refractivity contribution in [2.75, 3.05) is 24.6 Å². The van der Waals surface area contributed by atoms with Crippen LogP contribution in [0.3, 0.4) is 0 Å². The number of alkyl halides is 3. The van der Waals surface area contributed by atoms with E-state index < -0.39 is 6.36 Å². The molecule has 1 aliphatic heterocycles. The van der Waals surface area contributed by atoms with Gasteiger partial charge < -0.3 is 10.2 Å². The van der Waals surface area contributed by atoms with Gasteiger partial charge in [-0.1, -0.05) is 18.2 Å². The topological polar surface area (TPSA) is 24.5 Å². The maximum absolute atomic E-state index is 12.0. The molecule has 0 bridgehead atoms. The van der Waals surface area contributed by atoms with Gasteiger partial charge in [0.05, 0.1) is 6.61 Å². The molecule has 0 fully saturated rings. The van der Waals surface area contributed by atoms with Gasteiger partial charge in [0.2, 0.25) is 0 Å². The zero-order valence-electron chi connectivity index (χ0n) is 10.7. The van der Waals surface area contributed by atoms with Crippen molar-refractivity contribution < 1.29 is 17.9 Å². The smallest absolute Gasteiger partial charge is 0.367 e. The second-order valence-electron chi connectivity index (χ2n) is 4.65. The Morgan fingerprint density at radius 1 is 1.37 bits per heavy atom. The number of fused-ring (bicyclic) bond motifs is 1. The number of halogens is 3. The van der Waals surface area contributed by atoms with E-state index in [1.54, 1.807) is 0 Å². The summed E-state index contributed by atoms with van der Waals surface area (Å²) in [6.45, 7) is 3.28. The van der Waals surface area contributed by atoms with Crippen LogP contribution in [-0.4, -0.2) is 32.1 Å². The van der Waals surface area contributed by atoms with Crippen LogP contribution in [-0.2, 0) is 11.3 Å². The summed E-state index contributed by atoms with van der Waals surface area (Å²) in [5.41, 5.74) is 2.07. The standard InChI is InChI=1S/C13H17F3N2O/c1-10-9-18(6-7-19-13(14,15)16)12-5-3-2-4-11(12)8-17-10/h2-5,10,17H,6-9H2,1H3. The van der Waals surface area contributed by atoms with Crippen molar-refractivity contribution in [2.24, 2.45) is 0 Å². The number of ether oxygens (including phenoxy) is 1. The molecule has 0 spiro atoms. The summed E-state index contributed by atoms with van der Waals surface area (Å²) in [6, 6.07) is 7.96. The third-order valence-electron chi connectivity index (χ3n) is 3.09. The van der Waals surface area contributed by atoms with Gasteiger partial charge in [0.1, 0.15) is 0 Å². The van der Waals surface area contributed by atoms with Gasteiger partial charge in [0.25, 0.3) is 0 Å². The Balaban J connectivity index is 2.05. The Morgan fingerprint density at radius 3 is 2.84 bits per heavy atom. The highest BCUT2D eigenvalue weighted by Gasteiger charge is 2.29. The van der Waals surface area contributed by atoms with E-state index >= 15 is 0 Å². The first-order valence-electron chi connectivity index (χ1n) is 6.22. The van der Waals surface area contributed by atoms with Crippen molar-refractivity contribution in [3.05, 3.63) is 29.8 Å². The van der Waals surface area contributed by atoms with E-state index in [-0.39, 0.29) is 19.2 Å². The van der Waals surface area contributed by atoms with Gasteiger partial charge in [-0.25, -0.2) is 0 Å². The number of anilines is 1. The SMILES string of the molecule is CC1CN(CCOC(F)(F)F)c2ccccc2CN1. The number of para-hydroxylation sites is 1. The molecule has 0 aromatic heterocycles. The molecule has 106 valence electrons. The van der Waals surface area contributed by atoms with Crippen molar-refractivity contribution in [1.82, 2.24) is 5.32 Å². The fraction of sp³-hybridized carbons (Fsp3) is 0.538. The average molecular weight is 274 g/mol. The van der Waals surface area contributed by atoms with E-state index in [4.69, 9.17) is 0 Å². The van der Waals surface area contributed by atoms with E-state index in [1.807, 2.05) is 36.1 Å². The third-order valence-corrected chi connectivity index (χ3v) is 3.09. The first-order chi connectivity index (χ1) is 8.96. The van der Waals surface area contributed by atoms with Crippen molar-refractivity contribution >= 4 is 5.69 Å². The molecule has 0 aliphatic carbocycles. The predicted octanol–water partition coefficient (Wildman–Crippen LogP) is 2.52. The lowest BCUT2D eigenvalue weighted by atomic mass is 10.1. The van der Waals surface area contributed by atoms with E-state index in [2.05, 4.69) is 10.1 Å². The quantitative estimate of drug-likeness (QED) is 0.916. The highest BCUT2D eigenvalue weighted by molar-refractivity contribution is 5.54. The van der Waals surface area contributed by atoms with Gasteiger partial charge >= 0.3 is 6.36 Å². The van der Waals surface area contributed by atoms with Gasteiger partial charge in [-0.3, -0.25) is 4.74 Å². The maximum atomic E-state index is 12.0. The molecule has 2 rings (SSSR count). The molecule has 0 amide bonds. The second-order valence-corrected chi connectivity index (χ2v) is 4.65. The molecule has 1 aromatic rings.